The molecule has 0 heterocycles. The molecule has 7 heteroatoms. The quantitative estimate of drug-likeness (QED) is 0.368. The summed E-state index contributed by atoms with van der Waals surface area (Å²) in [4.78, 5) is 19.5. The highest BCUT2D eigenvalue weighted by atomic mass is 31.1. The molecule has 1 atom stereocenters. The molecule has 52 valence electrons. The normalized spacial score (nSPS) is 12.1. The van der Waals surface area contributed by atoms with Crippen LogP contribution >= 0.6 is 8.18 Å². The Morgan fingerprint density at radius 2 is 2.00 bits per heavy atom. The molecule has 9 heavy (non-hydrogen) atoms. The van der Waals surface area contributed by atoms with Gasteiger partial charge in [-0.05, 0) is 0 Å². The minimum Gasteiger partial charge on any atom is -0.473 e. The maximum atomic E-state index is 9.88. The molecule has 0 amide bonds. The van der Waals surface area contributed by atoms with Gasteiger partial charge in [0.2, 0.25) is 0 Å². The molecular formula is C2H4NO5P. The van der Waals surface area contributed by atoms with Gasteiger partial charge >= 0.3 is 20.1 Å². The molecular weight excluding hydrogens is 149 g/mol. The van der Waals surface area contributed by atoms with Gasteiger partial charge in [0.05, 0.1) is 0 Å². The van der Waals surface area contributed by atoms with Gasteiger partial charge in [0.15, 0.2) is 0 Å². The van der Waals surface area contributed by atoms with Crippen molar-refractivity contribution in [3.8, 4) is 0 Å². The van der Waals surface area contributed by atoms with Crippen LogP contribution in [0.2, 0.25) is 0 Å². The Labute approximate surface area is 50.5 Å². The number of carbonyl (C=O) groups is 2. The number of carboxylic acid groups (broad SMARTS) is 1. The van der Waals surface area contributed by atoms with Crippen LogP contribution < -0.4 is 5.50 Å². The van der Waals surface area contributed by atoms with E-state index in [0.29, 0.717) is 0 Å². The smallest absolute Gasteiger partial charge is 0.422 e. The van der Waals surface area contributed by atoms with E-state index in [1.165, 1.54) is 0 Å². The number of aliphatic carboxylic acids is 1. The summed E-state index contributed by atoms with van der Waals surface area (Å²) in [5.41, 5.74) is 4.47. The molecule has 0 aromatic rings. The fraction of sp³-hybridized carbons (Fsp3) is 0. The largest absolute Gasteiger partial charge is 0.473 e. The van der Waals surface area contributed by atoms with E-state index in [4.69, 9.17) is 5.11 Å². The summed E-state index contributed by atoms with van der Waals surface area (Å²) >= 11 is 0. The fourth-order valence-electron chi connectivity index (χ4n) is 0.135. The lowest BCUT2D eigenvalue weighted by molar-refractivity contribution is -0.157. The number of nitrogens with two attached hydrogens (primary N) is 1. The van der Waals surface area contributed by atoms with E-state index in [1.54, 1.807) is 0 Å². The molecule has 1 unspecified atom stereocenters. The first-order valence-corrected chi connectivity index (χ1v) is 3.18. The van der Waals surface area contributed by atoms with Crippen molar-refractivity contribution < 1.29 is 23.8 Å². The molecule has 0 fully saturated rings. The highest BCUT2D eigenvalue weighted by molar-refractivity contribution is 7.37. The highest BCUT2D eigenvalue weighted by Gasteiger charge is 2.13. The summed E-state index contributed by atoms with van der Waals surface area (Å²) < 4.78 is 13.4. The van der Waals surface area contributed by atoms with Crippen LogP contribution in [0.3, 0.4) is 0 Å². The number of carboxylic acids is 1. The first-order valence-electron chi connectivity index (χ1n) is 1.78. The predicted molar refractivity (Wildman–Crippen MR) is 26.9 cm³/mol. The summed E-state index contributed by atoms with van der Waals surface area (Å²) in [6.45, 7) is 0. The van der Waals surface area contributed by atoms with Gasteiger partial charge < -0.3 is 9.63 Å². The van der Waals surface area contributed by atoms with Crippen LogP contribution in [0.25, 0.3) is 0 Å². The molecule has 0 spiro atoms. The van der Waals surface area contributed by atoms with Crippen molar-refractivity contribution in [2.45, 2.75) is 0 Å². The topological polar surface area (TPSA) is 107 Å². The van der Waals surface area contributed by atoms with Crippen molar-refractivity contribution in [2.24, 2.45) is 5.50 Å². The van der Waals surface area contributed by atoms with E-state index >= 15 is 0 Å². The van der Waals surface area contributed by atoms with Crippen LogP contribution in [0, 0.1) is 0 Å². The summed E-state index contributed by atoms with van der Waals surface area (Å²) in [7, 11) is -2.96. The predicted octanol–water partition coefficient (Wildman–Crippen LogP) is -1.04. The van der Waals surface area contributed by atoms with Crippen molar-refractivity contribution in [2.75, 3.05) is 0 Å². The second kappa shape index (κ2) is 3.21. The molecule has 3 N–H and O–H groups in total. The molecule has 0 saturated carbocycles. The van der Waals surface area contributed by atoms with Crippen molar-refractivity contribution in [1.82, 2.24) is 0 Å². The minimum absolute atomic E-state index is 1.60. The van der Waals surface area contributed by atoms with Gasteiger partial charge in [0, 0.05) is 0 Å². The lowest BCUT2D eigenvalue weighted by Crippen LogP contribution is -2.13. The maximum Gasteiger partial charge on any atom is 0.422 e. The van der Waals surface area contributed by atoms with Gasteiger partial charge in [0.1, 0.15) is 0 Å². The highest BCUT2D eigenvalue weighted by Crippen LogP contribution is 2.08. The Bertz CT molecular complexity index is 164. The zero-order valence-electron chi connectivity index (χ0n) is 4.16. The van der Waals surface area contributed by atoms with E-state index in [1.807, 2.05) is 0 Å². The van der Waals surface area contributed by atoms with Gasteiger partial charge in [-0.1, -0.05) is 0 Å². The number of hydrogen-bond donors (Lipinski definition) is 2. The molecule has 0 aliphatic heterocycles. The van der Waals surface area contributed by atoms with Crippen LogP contribution in [0.5, 0.6) is 0 Å². The molecule has 0 radical (unpaired) electrons. The van der Waals surface area contributed by atoms with Crippen molar-refractivity contribution in [1.29, 1.82) is 0 Å². The van der Waals surface area contributed by atoms with Crippen molar-refractivity contribution >= 4 is 20.1 Å². The Morgan fingerprint density at radius 3 is 2.11 bits per heavy atom. The van der Waals surface area contributed by atoms with Gasteiger partial charge in [-0.25, -0.2) is 9.59 Å². The van der Waals surface area contributed by atoms with Gasteiger partial charge in [-0.15, -0.1) is 0 Å². The standard InChI is InChI=1S/C2H4NO5P/c3-9(7)8-2(6)1(4)5/h9H,(H2,3,7)(H,4,5). The van der Waals surface area contributed by atoms with Crippen molar-refractivity contribution in [3.05, 3.63) is 0 Å². The van der Waals surface area contributed by atoms with E-state index in [2.05, 4.69) is 10.0 Å². The lowest BCUT2D eigenvalue weighted by atomic mass is 10.7. The zero-order valence-corrected chi connectivity index (χ0v) is 5.16. The van der Waals surface area contributed by atoms with Gasteiger partial charge in [-0.2, -0.15) is 0 Å². The van der Waals surface area contributed by atoms with E-state index in [-0.39, 0.29) is 0 Å². The molecule has 0 rings (SSSR count). The van der Waals surface area contributed by atoms with E-state index < -0.39 is 20.1 Å². The molecule has 0 aliphatic rings. The maximum absolute atomic E-state index is 9.88. The molecule has 6 nitrogen and oxygen atoms in total. The first-order chi connectivity index (χ1) is 4.04. The monoisotopic (exact) mass is 153 g/mol. The summed E-state index contributed by atoms with van der Waals surface area (Å²) in [5, 5.41) is 7.78. The first kappa shape index (κ1) is 8.13. The Kier molecular flexibility index (Phi) is 2.90. The van der Waals surface area contributed by atoms with Gasteiger partial charge in [-0.3, -0.25) is 10.1 Å². The average molecular weight is 153 g/mol. The third-order valence-corrected chi connectivity index (χ3v) is 0.754. The number of rotatable bonds is 1. The van der Waals surface area contributed by atoms with Crippen LogP contribution in [-0.2, 0) is 18.7 Å². The fourth-order valence-corrected chi connectivity index (χ4v) is 0.405. The molecule has 0 aliphatic carbocycles. The SMILES string of the molecule is N[PH](=O)OC(=O)C(=O)O. The minimum atomic E-state index is -2.96. The molecule has 0 bridgehead atoms. The number of hydrogen-bond acceptors (Lipinski definition) is 4. The average Bonchev–Trinajstić information content (AvgIpc) is 1.63. The third kappa shape index (κ3) is 3.69. The summed E-state index contributed by atoms with van der Waals surface area (Å²) in [5.74, 6) is -3.40. The van der Waals surface area contributed by atoms with Crippen LogP contribution in [0.15, 0.2) is 0 Å². The second-order valence-corrected chi connectivity index (χ2v) is 1.86. The van der Waals surface area contributed by atoms with E-state index in [0.717, 1.165) is 0 Å². The van der Waals surface area contributed by atoms with Gasteiger partial charge in [0.25, 0.3) is 0 Å². The molecule has 0 aromatic heterocycles. The zero-order chi connectivity index (χ0) is 7.44. The molecule has 0 aromatic carbocycles. The third-order valence-electron chi connectivity index (χ3n) is 0.368. The van der Waals surface area contributed by atoms with Crippen LogP contribution in [0.1, 0.15) is 0 Å². The lowest BCUT2D eigenvalue weighted by Gasteiger charge is -1.92. The second-order valence-electron chi connectivity index (χ2n) is 1.01. The van der Waals surface area contributed by atoms with E-state index in [9.17, 15) is 14.2 Å². The summed E-state index contributed by atoms with van der Waals surface area (Å²) in [6, 6.07) is 0. The number of carbonyl (C=O) groups excluding carboxylic acids is 1. The Balaban J connectivity index is 3.79. The van der Waals surface area contributed by atoms with Crippen LogP contribution in [-0.4, -0.2) is 17.0 Å². The Hall–Kier alpha value is -0.870. The van der Waals surface area contributed by atoms with Crippen molar-refractivity contribution in [3.63, 3.8) is 0 Å². The summed E-state index contributed by atoms with van der Waals surface area (Å²) in [6.07, 6.45) is 0. The molecule has 0 saturated heterocycles. The Morgan fingerprint density at radius 1 is 1.56 bits per heavy atom. The van der Waals surface area contributed by atoms with Crippen LogP contribution in [0.4, 0.5) is 0 Å².